The second-order valence-corrected chi connectivity index (χ2v) is 9.43. The molecule has 0 bridgehead atoms. The summed E-state index contributed by atoms with van der Waals surface area (Å²) >= 11 is 0. The van der Waals surface area contributed by atoms with Gasteiger partial charge in [-0.1, -0.05) is 123 Å². The summed E-state index contributed by atoms with van der Waals surface area (Å²) in [5.41, 5.74) is 0. The first-order valence-electron chi connectivity index (χ1n) is 14.3. The predicted octanol–water partition coefficient (Wildman–Crippen LogP) is 9.90. The molecule has 3 heteroatoms. The topological polar surface area (TPSA) is 27.7 Å². The molecule has 192 valence electrons. The fourth-order valence-electron chi connectivity index (χ4n) is 4.05. The van der Waals surface area contributed by atoms with Gasteiger partial charge in [-0.3, -0.25) is 0 Å². The molecule has 0 aliphatic rings. The van der Waals surface area contributed by atoms with E-state index in [1.54, 1.807) is 0 Å². The predicted molar refractivity (Wildman–Crippen MR) is 143 cm³/mol. The van der Waals surface area contributed by atoms with Crippen LogP contribution in [0.5, 0.6) is 17.2 Å². The molecule has 0 aliphatic heterocycles. The minimum atomic E-state index is 0.733. The van der Waals surface area contributed by atoms with Gasteiger partial charge < -0.3 is 14.2 Å². The van der Waals surface area contributed by atoms with E-state index in [2.05, 4.69) is 20.8 Å². The Morgan fingerprint density at radius 2 is 0.758 bits per heavy atom. The van der Waals surface area contributed by atoms with E-state index >= 15 is 0 Å². The van der Waals surface area contributed by atoms with E-state index in [-0.39, 0.29) is 0 Å². The summed E-state index contributed by atoms with van der Waals surface area (Å²) in [7, 11) is 0. The molecule has 0 fully saturated rings. The fraction of sp³-hybridized carbons (Fsp3) is 0.800. The van der Waals surface area contributed by atoms with Crippen LogP contribution in [0.2, 0.25) is 0 Å². The first-order chi connectivity index (χ1) is 16.3. The molecule has 3 nitrogen and oxygen atoms in total. The first-order valence-corrected chi connectivity index (χ1v) is 14.3. The van der Waals surface area contributed by atoms with Crippen LogP contribution in [-0.4, -0.2) is 19.8 Å². The van der Waals surface area contributed by atoms with Crippen molar-refractivity contribution in [1.29, 1.82) is 0 Å². The molecule has 0 radical (unpaired) electrons. The number of para-hydroxylation sites is 1. The van der Waals surface area contributed by atoms with Crippen molar-refractivity contribution in [3.63, 3.8) is 0 Å². The minimum absolute atomic E-state index is 0.733. The lowest BCUT2D eigenvalue weighted by Gasteiger charge is -2.17. The Bertz CT molecular complexity index is 507. The molecule has 0 amide bonds. The highest BCUT2D eigenvalue weighted by Crippen LogP contribution is 2.38. The lowest BCUT2D eigenvalue weighted by Crippen LogP contribution is -2.06. The van der Waals surface area contributed by atoms with Gasteiger partial charge in [-0.25, -0.2) is 0 Å². The van der Waals surface area contributed by atoms with Gasteiger partial charge in [0.2, 0.25) is 5.75 Å². The molecule has 0 atom stereocenters. The van der Waals surface area contributed by atoms with E-state index in [1.807, 2.05) is 18.2 Å². The van der Waals surface area contributed by atoms with Gasteiger partial charge in [0.1, 0.15) is 0 Å². The van der Waals surface area contributed by atoms with Crippen molar-refractivity contribution in [2.75, 3.05) is 19.8 Å². The average molecular weight is 463 g/mol. The normalized spacial score (nSPS) is 11.0. The molecular weight excluding hydrogens is 408 g/mol. The Morgan fingerprint density at radius 3 is 1.15 bits per heavy atom. The van der Waals surface area contributed by atoms with E-state index in [0.29, 0.717) is 0 Å². The van der Waals surface area contributed by atoms with Crippen LogP contribution in [0.3, 0.4) is 0 Å². The standard InChI is InChI=1S/C30H54O3/c1-4-7-10-13-16-19-25-31-28-23-22-24-29(32-26-20-17-14-11-8-5-2)30(28)33-27-21-18-15-12-9-6-3/h22-24H,4-21,25-27H2,1-3H3. The Labute approximate surface area is 206 Å². The Hall–Kier alpha value is -1.38. The van der Waals surface area contributed by atoms with Gasteiger partial charge in [0.25, 0.3) is 0 Å². The minimum Gasteiger partial charge on any atom is -0.490 e. The summed E-state index contributed by atoms with van der Waals surface area (Å²) in [6.45, 7) is 9.02. The zero-order chi connectivity index (χ0) is 23.8. The summed E-state index contributed by atoms with van der Waals surface area (Å²) < 4.78 is 18.6. The molecule has 0 saturated carbocycles. The summed E-state index contributed by atoms with van der Waals surface area (Å²) in [6, 6.07) is 6.10. The van der Waals surface area contributed by atoms with Crippen LogP contribution in [0.25, 0.3) is 0 Å². The summed E-state index contributed by atoms with van der Waals surface area (Å²) in [6.07, 6.45) is 22.8. The average Bonchev–Trinajstić information content (AvgIpc) is 2.83. The number of hydrogen-bond acceptors (Lipinski definition) is 3. The Balaban J connectivity index is 2.51. The molecule has 1 aromatic carbocycles. The molecule has 33 heavy (non-hydrogen) atoms. The molecule has 0 heterocycles. The number of unbranched alkanes of at least 4 members (excludes halogenated alkanes) is 15. The third-order valence-electron chi connectivity index (χ3n) is 6.20. The van der Waals surface area contributed by atoms with Crippen LogP contribution in [0, 0.1) is 0 Å². The van der Waals surface area contributed by atoms with E-state index in [9.17, 15) is 0 Å². The third kappa shape index (κ3) is 16.0. The monoisotopic (exact) mass is 462 g/mol. The molecule has 0 unspecified atom stereocenters. The van der Waals surface area contributed by atoms with Gasteiger partial charge in [0, 0.05) is 0 Å². The highest BCUT2D eigenvalue weighted by molar-refractivity contribution is 5.51. The lowest BCUT2D eigenvalue weighted by atomic mass is 10.1. The molecular formula is C30H54O3. The second kappa shape index (κ2) is 22.4. The van der Waals surface area contributed by atoms with Crippen molar-refractivity contribution in [2.45, 2.75) is 136 Å². The van der Waals surface area contributed by atoms with Crippen molar-refractivity contribution in [3.05, 3.63) is 18.2 Å². The van der Waals surface area contributed by atoms with Crippen LogP contribution < -0.4 is 14.2 Å². The van der Waals surface area contributed by atoms with E-state index in [4.69, 9.17) is 14.2 Å². The van der Waals surface area contributed by atoms with Gasteiger partial charge in [-0.15, -0.1) is 0 Å². The van der Waals surface area contributed by atoms with Crippen LogP contribution in [0.4, 0.5) is 0 Å². The van der Waals surface area contributed by atoms with Crippen LogP contribution in [-0.2, 0) is 0 Å². The smallest absolute Gasteiger partial charge is 0.203 e. The highest BCUT2D eigenvalue weighted by atomic mass is 16.5. The molecule has 0 aromatic heterocycles. The van der Waals surface area contributed by atoms with Gasteiger partial charge >= 0.3 is 0 Å². The van der Waals surface area contributed by atoms with Gasteiger partial charge in [0.05, 0.1) is 19.8 Å². The van der Waals surface area contributed by atoms with Crippen LogP contribution >= 0.6 is 0 Å². The zero-order valence-corrected chi connectivity index (χ0v) is 22.3. The molecule has 1 aromatic rings. The SMILES string of the molecule is CCCCCCCCOc1cccc(OCCCCCCCC)c1OCCCCCCCC. The van der Waals surface area contributed by atoms with E-state index < -0.39 is 0 Å². The first kappa shape index (κ1) is 29.7. The van der Waals surface area contributed by atoms with Crippen molar-refractivity contribution in [3.8, 4) is 17.2 Å². The number of hydrogen-bond donors (Lipinski definition) is 0. The van der Waals surface area contributed by atoms with E-state index in [0.717, 1.165) is 56.3 Å². The van der Waals surface area contributed by atoms with Crippen LogP contribution in [0.1, 0.15) is 136 Å². The maximum atomic E-state index is 6.25. The van der Waals surface area contributed by atoms with E-state index in [1.165, 1.54) is 96.3 Å². The Kier molecular flexibility index (Phi) is 20.1. The number of rotatable bonds is 24. The second-order valence-electron chi connectivity index (χ2n) is 9.43. The Morgan fingerprint density at radius 1 is 0.424 bits per heavy atom. The van der Waals surface area contributed by atoms with Gasteiger partial charge in [-0.05, 0) is 31.4 Å². The third-order valence-corrected chi connectivity index (χ3v) is 6.20. The van der Waals surface area contributed by atoms with Crippen molar-refractivity contribution in [1.82, 2.24) is 0 Å². The zero-order valence-electron chi connectivity index (χ0n) is 22.3. The summed E-state index contributed by atoms with van der Waals surface area (Å²) in [5.74, 6) is 2.49. The summed E-state index contributed by atoms with van der Waals surface area (Å²) in [4.78, 5) is 0. The lowest BCUT2D eigenvalue weighted by molar-refractivity contribution is 0.234. The van der Waals surface area contributed by atoms with Crippen molar-refractivity contribution in [2.24, 2.45) is 0 Å². The maximum Gasteiger partial charge on any atom is 0.203 e. The van der Waals surface area contributed by atoms with Crippen LogP contribution in [0.15, 0.2) is 18.2 Å². The van der Waals surface area contributed by atoms with Gasteiger partial charge in [-0.2, -0.15) is 0 Å². The van der Waals surface area contributed by atoms with Crippen molar-refractivity contribution < 1.29 is 14.2 Å². The summed E-state index contributed by atoms with van der Waals surface area (Å²) in [5, 5.41) is 0. The molecule has 0 saturated heterocycles. The molecule has 0 aliphatic carbocycles. The number of ether oxygens (including phenoxy) is 3. The molecule has 0 N–H and O–H groups in total. The largest absolute Gasteiger partial charge is 0.490 e. The molecule has 1 rings (SSSR count). The fourth-order valence-corrected chi connectivity index (χ4v) is 4.05. The van der Waals surface area contributed by atoms with Crippen molar-refractivity contribution >= 4 is 0 Å². The number of benzene rings is 1. The highest BCUT2D eigenvalue weighted by Gasteiger charge is 2.13. The van der Waals surface area contributed by atoms with Gasteiger partial charge in [0.15, 0.2) is 11.5 Å². The maximum absolute atomic E-state index is 6.25. The quantitative estimate of drug-likeness (QED) is 0.143. The molecule has 0 spiro atoms.